The Kier molecular flexibility index (Phi) is 3.58. The number of carbonyl (C=O) groups excluding carboxylic acids is 1. The summed E-state index contributed by atoms with van der Waals surface area (Å²) in [5.74, 6) is -0.206. The number of fused-ring (bicyclic) bond motifs is 3. The Bertz CT molecular complexity index is 888. The molecule has 3 heterocycles. The molecule has 0 bridgehead atoms. The predicted molar refractivity (Wildman–Crippen MR) is 91.6 cm³/mol. The lowest BCUT2D eigenvalue weighted by atomic mass is 9.89. The largest absolute Gasteiger partial charge is 0.468 e. The number of nitrogens with one attached hydrogen (secondary N) is 1. The van der Waals surface area contributed by atoms with Crippen LogP contribution in [0.4, 0.5) is 0 Å². The summed E-state index contributed by atoms with van der Waals surface area (Å²) in [7, 11) is 3.41. The van der Waals surface area contributed by atoms with Crippen molar-refractivity contribution in [1.82, 2.24) is 14.9 Å². The second-order valence-corrected chi connectivity index (χ2v) is 6.16. The number of hydrogen-bond donors (Lipinski definition) is 1. The van der Waals surface area contributed by atoms with E-state index in [1.165, 1.54) is 18.1 Å². The van der Waals surface area contributed by atoms with Gasteiger partial charge in [0.25, 0.3) is 0 Å². The third-order valence-corrected chi connectivity index (χ3v) is 4.89. The van der Waals surface area contributed by atoms with Gasteiger partial charge in [-0.05, 0) is 30.3 Å². The lowest BCUT2D eigenvalue weighted by Crippen LogP contribution is -2.46. The highest BCUT2D eigenvalue weighted by atomic mass is 16.5. The van der Waals surface area contributed by atoms with Crippen LogP contribution in [0.1, 0.15) is 22.9 Å². The van der Waals surface area contributed by atoms with Crippen molar-refractivity contribution in [2.24, 2.45) is 0 Å². The van der Waals surface area contributed by atoms with Gasteiger partial charge in [-0.2, -0.15) is 0 Å². The first-order chi connectivity index (χ1) is 11.7. The maximum Gasteiger partial charge on any atom is 0.323 e. The van der Waals surface area contributed by atoms with Gasteiger partial charge in [0.1, 0.15) is 6.04 Å². The molecule has 1 aliphatic heterocycles. The van der Waals surface area contributed by atoms with E-state index in [0.29, 0.717) is 6.42 Å². The second kappa shape index (κ2) is 5.76. The van der Waals surface area contributed by atoms with Gasteiger partial charge in [0.05, 0.1) is 13.2 Å². The van der Waals surface area contributed by atoms with E-state index in [-0.39, 0.29) is 18.1 Å². The first-order valence-corrected chi connectivity index (χ1v) is 8.00. The molecule has 4 rings (SSSR count). The molecule has 0 unspecified atom stereocenters. The highest BCUT2D eigenvalue weighted by molar-refractivity contribution is 5.87. The van der Waals surface area contributed by atoms with Gasteiger partial charge in [-0.1, -0.05) is 24.3 Å². The van der Waals surface area contributed by atoms with Crippen LogP contribution in [-0.4, -0.2) is 41.0 Å². The Morgan fingerprint density at radius 1 is 1.29 bits per heavy atom. The van der Waals surface area contributed by atoms with Crippen LogP contribution >= 0.6 is 0 Å². The first-order valence-electron chi connectivity index (χ1n) is 8.00. The van der Waals surface area contributed by atoms with E-state index in [4.69, 9.17) is 4.74 Å². The highest BCUT2D eigenvalue weighted by Crippen LogP contribution is 2.39. The molecule has 0 amide bonds. The van der Waals surface area contributed by atoms with E-state index in [9.17, 15) is 4.79 Å². The minimum Gasteiger partial charge on any atom is -0.468 e. The summed E-state index contributed by atoms with van der Waals surface area (Å²) in [6.45, 7) is 0. The van der Waals surface area contributed by atoms with Gasteiger partial charge in [-0.3, -0.25) is 14.7 Å². The Labute approximate surface area is 140 Å². The zero-order chi connectivity index (χ0) is 16.7. The number of pyridine rings is 1. The van der Waals surface area contributed by atoms with E-state index >= 15 is 0 Å². The number of likely N-dealkylation sites (N-methyl/N-ethyl adjacent to an activating group) is 1. The van der Waals surface area contributed by atoms with E-state index in [0.717, 1.165) is 16.8 Å². The van der Waals surface area contributed by atoms with E-state index in [1.54, 1.807) is 6.20 Å². The molecule has 1 aromatic carbocycles. The summed E-state index contributed by atoms with van der Waals surface area (Å²) in [5, 5.41) is 1.17. The molecule has 122 valence electrons. The lowest BCUT2D eigenvalue weighted by molar-refractivity contribution is -0.147. The zero-order valence-electron chi connectivity index (χ0n) is 13.7. The Balaban J connectivity index is 1.93. The minimum atomic E-state index is -0.313. The molecular formula is C19H19N3O2. The van der Waals surface area contributed by atoms with Crippen molar-refractivity contribution in [1.29, 1.82) is 0 Å². The summed E-state index contributed by atoms with van der Waals surface area (Å²) >= 11 is 0. The van der Waals surface area contributed by atoms with Crippen LogP contribution in [0.2, 0.25) is 0 Å². The maximum atomic E-state index is 12.3. The van der Waals surface area contributed by atoms with Crippen LogP contribution < -0.4 is 0 Å². The number of aromatic amines is 1. The monoisotopic (exact) mass is 321 g/mol. The number of hydrogen-bond acceptors (Lipinski definition) is 4. The van der Waals surface area contributed by atoms with E-state index < -0.39 is 0 Å². The molecular weight excluding hydrogens is 302 g/mol. The number of esters is 1. The molecule has 0 fully saturated rings. The van der Waals surface area contributed by atoms with Crippen molar-refractivity contribution in [3.05, 3.63) is 65.6 Å². The SMILES string of the molecule is COC(=O)[C@@H]1Cc2c([nH]c3ccccc23)[C@@H](c2cccnc2)N1C. The number of methoxy groups -OCH3 is 1. The zero-order valence-corrected chi connectivity index (χ0v) is 13.7. The summed E-state index contributed by atoms with van der Waals surface area (Å²) in [5.41, 5.74) is 4.47. The third kappa shape index (κ3) is 2.20. The van der Waals surface area contributed by atoms with Gasteiger partial charge in [0, 0.05) is 35.4 Å². The van der Waals surface area contributed by atoms with E-state index in [1.807, 2.05) is 37.5 Å². The lowest BCUT2D eigenvalue weighted by Gasteiger charge is -2.38. The Morgan fingerprint density at radius 2 is 2.12 bits per heavy atom. The van der Waals surface area contributed by atoms with Crippen LogP contribution in [0, 0.1) is 0 Å². The topological polar surface area (TPSA) is 58.2 Å². The fraction of sp³-hybridized carbons (Fsp3) is 0.263. The van der Waals surface area contributed by atoms with Gasteiger partial charge in [0.2, 0.25) is 0 Å². The van der Waals surface area contributed by atoms with Crippen molar-refractivity contribution < 1.29 is 9.53 Å². The molecule has 5 nitrogen and oxygen atoms in total. The van der Waals surface area contributed by atoms with Crippen molar-refractivity contribution in [2.75, 3.05) is 14.2 Å². The van der Waals surface area contributed by atoms with Gasteiger partial charge < -0.3 is 9.72 Å². The number of aromatic nitrogens is 2. The molecule has 24 heavy (non-hydrogen) atoms. The van der Waals surface area contributed by atoms with E-state index in [2.05, 4.69) is 27.0 Å². The average molecular weight is 321 g/mol. The number of rotatable bonds is 2. The molecule has 3 aromatic rings. The smallest absolute Gasteiger partial charge is 0.323 e. The summed E-state index contributed by atoms with van der Waals surface area (Å²) in [6.07, 6.45) is 4.26. The Hall–Kier alpha value is -2.66. The van der Waals surface area contributed by atoms with Crippen molar-refractivity contribution in [3.63, 3.8) is 0 Å². The summed E-state index contributed by atoms with van der Waals surface area (Å²) < 4.78 is 5.04. The number of ether oxygens (including phenoxy) is 1. The highest BCUT2D eigenvalue weighted by Gasteiger charge is 2.39. The number of nitrogens with zero attached hydrogens (tertiary/aromatic N) is 2. The summed E-state index contributed by atoms with van der Waals surface area (Å²) in [4.78, 5) is 22.2. The maximum absolute atomic E-state index is 12.3. The molecule has 2 atom stereocenters. The number of carbonyl (C=O) groups is 1. The molecule has 5 heteroatoms. The van der Waals surface area contributed by atoms with Gasteiger partial charge >= 0.3 is 5.97 Å². The Morgan fingerprint density at radius 3 is 2.88 bits per heavy atom. The molecule has 0 aliphatic carbocycles. The van der Waals surface area contributed by atoms with Gasteiger partial charge in [0.15, 0.2) is 0 Å². The van der Waals surface area contributed by atoms with Crippen LogP contribution in [0.15, 0.2) is 48.8 Å². The molecule has 0 spiro atoms. The predicted octanol–water partition coefficient (Wildman–Crippen LogP) is 2.68. The van der Waals surface area contributed by atoms with Crippen LogP contribution in [0.5, 0.6) is 0 Å². The number of para-hydroxylation sites is 1. The molecule has 1 aliphatic rings. The third-order valence-electron chi connectivity index (χ3n) is 4.89. The van der Waals surface area contributed by atoms with Crippen LogP contribution in [0.3, 0.4) is 0 Å². The fourth-order valence-electron chi connectivity index (χ4n) is 3.72. The molecule has 0 saturated heterocycles. The normalized spacial score (nSPS) is 20.8. The van der Waals surface area contributed by atoms with Crippen molar-refractivity contribution in [3.8, 4) is 0 Å². The molecule has 0 saturated carbocycles. The quantitative estimate of drug-likeness (QED) is 0.737. The molecule has 2 aromatic heterocycles. The standard InChI is InChI=1S/C19H19N3O2/c1-22-16(19(23)24-2)10-14-13-7-3-4-8-15(13)21-17(14)18(22)12-6-5-9-20-11-12/h3-9,11,16,18,21H,10H2,1-2H3/t16-,18+/m0/s1. The van der Waals surface area contributed by atoms with Crippen LogP contribution in [-0.2, 0) is 16.0 Å². The number of H-pyrrole nitrogens is 1. The molecule has 1 N–H and O–H groups in total. The van der Waals surface area contributed by atoms with Gasteiger partial charge in [-0.15, -0.1) is 0 Å². The average Bonchev–Trinajstić information content (AvgIpc) is 2.99. The van der Waals surface area contributed by atoms with Gasteiger partial charge in [-0.25, -0.2) is 0 Å². The molecule has 0 radical (unpaired) electrons. The van der Waals surface area contributed by atoms with Crippen LogP contribution in [0.25, 0.3) is 10.9 Å². The van der Waals surface area contributed by atoms with Crippen molar-refractivity contribution >= 4 is 16.9 Å². The first kappa shape index (κ1) is 14.9. The second-order valence-electron chi connectivity index (χ2n) is 6.16. The minimum absolute atomic E-state index is 0.0565. The number of benzene rings is 1. The fourth-order valence-corrected chi connectivity index (χ4v) is 3.72. The van der Waals surface area contributed by atoms with Crippen molar-refractivity contribution in [2.45, 2.75) is 18.5 Å². The summed E-state index contributed by atoms with van der Waals surface area (Å²) in [6, 6.07) is 11.8.